The van der Waals surface area contributed by atoms with Gasteiger partial charge < -0.3 is 15.2 Å². The summed E-state index contributed by atoms with van der Waals surface area (Å²) in [5, 5.41) is 0. The van der Waals surface area contributed by atoms with Crippen LogP contribution in [0.2, 0.25) is 0 Å². The van der Waals surface area contributed by atoms with Crippen molar-refractivity contribution in [2.24, 2.45) is 5.73 Å². The Kier molecular flexibility index (Phi) is 5.23. The van der Waals surface area contributed by atoms with Gasteiger partial charge in [0.05, 0.1) is 7.11 Å². The van der Waals surface area contributed by atoms with E-state index in [1.807, 2.05) is 31.2 Å². The first-order valence-electron chi connectivity index (χ1n) is 7.30. The Labute approximate surface area is 126 Å². The maximum absolute atomic E-state index is 6.03. The molecule has 3 heteroatoms. The lowest BCUT2D eigenvalue weighted by atomic mass is 10.0. The van der Waals surface area contributed by atoms with E-state index in [0.29, 0.717) is 0 Å². The minimum atomic E-state index is 0.187. The Bertz CT molecular complexity index is 596. The van der Waals surface area contributed by atoms with E-state index in [1.54, 1.807) is 7.11 Å². The van der Waals surface area contributed by atoms with Crippen LogP contribution in [0.15, 0.2) is 42.5 Å². The van der Waals surface area contributed by atoms with Crippen LogP contribution in [0.1, 0.15) is 24.5 Å². The van der Waals surface area contributed by atoms with E-state index < -0.39 is 0 Å². The number of benzene rings is 2. The lowest BCUT2D eigenvalue weighted by Crippen LogP contribution is -2.21. The van der Waals surface area contributed by atoms with Gasteiger partial charge in [-0.2, -0.15) is 0 Å². The predicted molar refractivity (Wildman–Crippen MR) is 86.2 cm³/mol. The van der Waals surface area contributed by atoms with Gasteiger partial charge in [-0.05, 0) is 49.1 Å². The highest BCUT2D eigenvalue weighted by atomic mass is 16.5. The van der Waals surface area contributed by atoms with Crippen LogP contribution in [0, 0.1) is 6.92 Å². The van der Waals surface area contributed by atoms with Gasteiger partial charge in [-0.3, -0.25) is 0 Å². The lowest BCUT2D eigenvalue weighted by molar-refractivity contribution is 0.378. The Hall–Kier alpha value is -2.00. The second-order valence-electron chi connectivity index (χ2n) is 5.23. The molecule has 0 radical (unpaired) electrons. The molecule has 112 valence electrons. The molecule has 0 saturated carbocycles. The number of para-hydroxylation sites is 2. The van der Waals surface area contributed by atoms with E-state index >= 15 is 0 Å². The third kappa shape index (κ3) is 3.99. The molecule has 0 aliphatic carbocycles. The van der Waals surface area contributed by atoms with Crippen molar-refractivity contribution in [3.8, 4) is 17.2 Å². The highest BCUT2D eigenvalue weighted by Crippen LogP contribution is 2.33. The minimum absolute atomic E-state index is 0.187. The average Bonchev–Trinajstić information content (AvgIpc) is 2.51. The zero-order valence-electron chi connectivity index (χ0n) is 12.9. The molecule has 0 heterocycles. The predicted octanol–water partition coefficient (Wildman–Crippen LogP) is 4.08. The van der Waals surface area contributed by atoms with Crippen LogP contribution in [0.4, 0.5) is 0 Å². The summed E-state index contributed by atoms with van der Waals surface area (Å²) >= 11 is 0. The standard InChI is InChI=1S/C18H23NO2/c1-4-15(19)11-14-10-9-13(2)18(12-14)21-17-8-6-5-7-16(17)20-3/h5-10,12,15H,4,11,19H2,1-3H3. The molecule has 2 aromatic rings. The average molecular weight is 285 g/mol. The third-order valence-corrected chi connectivity index (χ3v) is 3.56. The minimum Gasteiger partial charge on any atom is -0.493 e. The van der Waals surface area contributed by atoms with E-state index in [0.717, 1.165) is 35.7 Å². The fourth-order valence-electron chi connectivity index (χ4n) is 2.15. The molecule has 0 aromatic heterocycles. The van der Waals surface area contributed by atoms with Gasteiger partial charge in [0.25, 0.3) is 0 Å². The van der Waals surface area contributed by atoms with Crippen LogP contribution in [-0.4, -0.2) is 13.2 Å². The molecule has 0 aliphatic rings. The van der Waals surface area contributed by atoms with Crippen LogP contribution < -0.4 is 15.2 Å². The molecular formula is C18H23NO2. The van der Waals surface area contributed by atoms with Crippen molar-refractivity contribution in [2.75, 3.05) is 7.11 Å². The Morgan fingerprint density at radius 2 is 1.76 bits per heavy atom. The normalized spacial score (nSPS) is 12.0. The SMILES string of the molecule is CCC(N)Cc1ccc(C)c(Oc2ccccc2OC)c1. The van der Waals surface area contributed by atoms with Crippen molar-refractivity contribution < 1.29 is 9.47 Å². The van der Waals surface area contributed by atoms with E-state index in [1.165, 1.54) is 5.56 Å². The molecular weight excluding hydrogens is 262 g/mol. The molecule has 0 spiro atoms. The summed E-state index contributed by atoms with van der Waals surface area (Å²) in [6.45, 7) is 4.14. The Balaban J connectivity index is 2.24. The van der Waals surface area contributed by atoms with Gasteiger partial charge in [-0.25, -0.2) is 0 Å². The van der Waals surface area contributed by atoms with Gasteiger partial charge in [0.1, 0.15) is 5.75 Å². The number of methoxy groups -OCH3 is 1. The monoisotopic (exact) mass is 285 g/mol. The Morgan fingerprint density at radius 3 is 2.43 bits per heavy atom. The first kappa shape index (κ1) is 15.4. The van der Waals surface area contributed by atoms with Gasteiger partial charge in [0.15, 0.2) is 11.5 Å². The molecule has 2 aromatic carbocycles. The largest absolute Gasteiger partial charge is 0.493 e. The van der Waals surface area contributed by atoms with Gasteiger partial charge in [0.2, 0.25) is 0 Å². The maximum Gasteiger partial charge on any atom is 0.169 e. The molecule has 21 heavy (non-hydrogen) atoms. The van der Waals surface area contributed by atoms with Crippen molar-refractivity contribution >= 4 is 0 Å². The van der Waals surface area contributed by atoms with E-state index in [-0.39, 0.29) is 6.04 Å². The number of rotatable bonds is 6. The Morgan fingerprint density at radius 1 is 1.05 bits per heavy atom. The number of hydrogen-bond acceptors (Lipinski definition) is 3. The second kappa shape index (κ2) is 7.14. The van der Waals surface area contributed by atoms with Crippen LogP contribution in [0.25, 0.3) is 0 Å². The molecule has 1 unspecified atom stereocenters. The summed E-state index contributed by atoms with van der Waals surface area (Å²) in [6.07, 6.45) is 1.83. The summed E-state index contributed by atoms with van der Waals surface area (Å²) in [7, 11) is 1.64. The fraction of sp³-hybridized carbons (Fsp3) is 0.333. The zero-order valence-corrected chi connectivity index (χ0v) is 12.9. The first-order valence-corrected chi connectivity index (χ1v) is 7.30. The first-order chi connectivity index (χ1) is 10.1. The van der Waals surface area contributed by atoms with Crippen molar-refractivity contribution in [2.45, 2.75) is 32.7 Å². The van der Waals surface area contributed by atoms with Gasteiger partial charge in [-0.15, -0.1) is 0 Å². The van der Waals surface area contributed by atoms with Gasteiger partial charge >= 0.3 is 0 Å². The van der Waals surface area contributed by atoms with Crippen molar-refractivity contribution in [1.82, 2.24) is 0 Å². The number of ether oxygens (including phenoxy) is 2. The van der Waals surface area contributed by atoms with Gasteiger partial charge in [-0.1, -0.05) is 31.2 Å². The zero-order chi connectivity index (χ0) is 15.2. The fourth-order valence-corrected chi connectivity index (χ4v) is 2.15. The summed E-state index contributed by atoms with van der Waals surface area (Å²) in [6, 6.07) is 14.1. The van der Waals surface area contributed by atoms with Gasteiger partial charge in [0, 0.05) is 6.04 Å². The van der Waals surface area contributed by atoms with Crippen LogP contribution >= 0.6 is 0 Å². The van der Waals surface area contributed by atoms with Crippen molar-refractivity contribution in [3.05, 3.63) is 53.6 Å². The molecule has 0 saturated heterocycles. The topological polar surface area (TPSA) is 44.5 Å². The maximum atomic E-state index is 6.03. The lowest BCUT2D eigenvalue weighted by Gasteiger charge is -2.14. The summed E-state index contributed by atoms with van der Waals surface area (Å²) in [5.41, 5.74) is 8.32. The van der Waals surface area contributed by atoms with Crippen LogP contribution in [0.5, 0.6) is 17.2 Å². The third-order valence-electron chi connectivity index (χ3n) is 3.56. The molecule has 2 rings (SSSR count). The highest BCUT2D eigenvalue weighted by molar-refractivity contribution is 5.45. The summed E-state index contributed by atoms with van der Waals surface area (Å²) in [5.74, 6) is 2.30. The molecule has 0 fully saturated rings. The number of aryl methyl sites for hydroxylation is 1. The summed E-state index contributed by atoms with van der Waals surface area (Å²) < 4.78 is 11.3. The smallest absolute Gasteiger partial charge is 0.169 e. The van der Waals surface area contributed by atoms with E-state index in [2.05, 4.69) is 25.1 Å². The van der Waals surface area contributed by atoms with E-state index in [9.17, 15) is 0 Å². The number of nitrogens with two attached hydrogens (primary N) is 1. The van der Waals surface area contributed by atoms with E-state index in [4.69, 9.17) is 15.2 Å². The van der Waals surface area contributed by atoms with Crippen LogP contribution in [-0.2, 0) is 6.42 Å². The highest BCUT2D eigenvalue weighted by Gasteiger charge is 2.09. The molecule has 2 N–H and O–H groups in total. The molecule has 0 amide bonds. The molecule has 0 aliphatic heterocycles. The molecule has 3 nitrogen and oxygen atoms in total. The second-order valence-corrected chi connectivity index (χ2v) is 5.23. The molecule has 1 atom stereocenters. The quantitative estimate of drug-likeness (QED) is 0.870. The number of hydrogen-bond donors (Lipinski definition) is 1. The molecule has 0 bridgehead atoms. The van der Waals surface area contributed by atoms with Crippen molar-refractivity contribution in [1.29, 1.82) is 0 Å². The summed E-state index contributed by atoms with van der Waals surface area (Å²) in [4.78, 5) is 0. The van der Waals surface area contributed by atoms with Crippen molar-refractivity contribution in [3.63, 3.8) is 0 Å². The van der Waals surface area contributed by atoms with Crippen LogP contribution in [0.3, 0.4) is 0 Å².